The van der Waals surface area contributed by atoms with Crippen molar-refractivity contribution in [2.24, 2.45) is 0 Å². The highest BCUT2D eigenvalue weighted by atomic mass is 35.5. The maximum absolute atomic E-state index is 12.6. The van der Waals surface area contributed by atoms with Crippen molar-refractivity contribution in [2.75, 3.05) is 26.7 Å². The second kappa shape index (κ2) is 8.69. The van der Waals surface area contributed by atoms with E-state index in [1.54, 1.807) is 0 Å². The predicted octanol–water partition coefficient (Wildman–Crippen LogP) is 4.00. The summed E-state index contributed by atoms with van der Waals surface area (Å²) in [6.45, 7) is 5.29. The number of carbonyl (C=O) groups is 1. The molecule has 0 saturated heterocycles. The minimum absolute atomic E-state index is 0.197. The number of amides is 1. The second-order valence-corrected chi connectivity index (χ2v) is 7.35. The van der Waals surface area contributed by atoms with Gasteiger partial charge in [0, 0.05) is 42.1 Å². The number of aromatic nitrogens is 1. The van der Waals surface area contributed by atoms with E-state index in [1.165, 1.54) is 12.8 Å². The van der Waals surface area contributed by atoms with Gasteiger partial charge >= 0.3 is 0 Å². The highest BCUT2D eigenvalue weighted by Gasteiger charge is 2.27. The fourth-order valence-corrected chi connectivity index (χ4v) is 3.36. The summed E-state index contributed by atoms with van der Waals surface area (Å²) < 4.78 is 5.57. The molecule has 3 rings (SSSR count). The van der Waals surface area contributed by atoms with Crippen LogP contribution in [0.1, 0.15) is 37.4 Å². The molecular weight excluding hydrogens is 350 g/mol. The molecule has 0 radical (unpaired) electrons. The van der Waals surface area contributed by atoms with Gasteiger partial charge in [-0.2, -0.15) is 0 Å². The summed E-state index contributed by atoms with van der Waals surface area (Å²) in [5.74, 6) is 0.941. The van der Waals surface area contributed by atoms with Gasteiger partial charge in [-0.15, -0.1) is 0 Å². The van der Waals surface area contributed by atoms with E-state index in [2.05, 4.69) is 24.0 Å². The van der Waals surface area contributed by atoms with E-state index in [0.29, 0.717) is 24.5 Å². The van der Waals surface area contributed by atoms with Gasteiger partial charge in [-0.05, 0) is 44.3 Å². The number of fused-ring (bicyclic) bond motifs is 1. The molecule has 1 aliphatic rings. The van der Waals surface area contributed by atoms with Crippen molar-refractivity contribution < 1.29 is 9.32 Å². The van der Waals surface area contributed by atoms with Crippen molar-refractivity contribution in [3.8, 4) is 11.3 Å². The average molecular weight is 376 g/mol. The molecule has 1 aliphatic heterocycles. The minimum atomic E-state index is 0.197. The Morgan fingerprint density at radius 2 is 2.08 bits per heavy atom. The topological polar surface area (TPSA) is 49.6 Å². The molecule has 1 amide bonds. The van der Waals surface area contributed by atoms with Gasteiger partial charge < -0.3 is 14.3 Å². The Balaban J connectivity index is 1.64. The Morgan fingerprint density at radius 3 is 2.81 bits per heavy atom. The summed E-state index contributed by atoms with van der Waals surface area (Å²) in [5.41, 5.74) is 2.92. The zero-order chi connectivity index (χ0) is 18.5. The number of unbranched alkanes of at least 4 members (excludes halogenated alkanes) is 1. The van der Waals surface area contributed by atoms with Crippen molar-refractivity contribution in [1.29, 1.82) is 0 Å². The van der Waals surface area contributed by atoms with Crippen molar-refractivity contribution in [2.45, 2.75) is 39.2 Å². The second-order valence-electron chi connectivity index (χ2n) is 6.92. The zero-order valence-corrected chi connectivity index (χ0v) is 16.3. The average Bonchev–Trinajstić information content (AvgIpc) is 3.08. The molecule has 1 aromatic heterocycles. The lowest BCUT2D eigenvalue weighted by atomic mass is 10.0. The van der Waals surface area contributed by atoms with E-state index >= 15 is 0 Å². The molecule has 0 fully saturated rings. The van der Waals surface area contributed by atoms with E-state index in [1.807, 2.05) is 29.2 Å². The molecule has 1 aromatic carbocycles. The van der Waals surface area contributed by atoms with Crippen LogP contribution in [0.5, 0.6) is 0 Å². The first-order valence-corrected chi connectivity index (χ1v) is 9.66. The standard InChI is InChI=1S/C20H26ClN3O2/c1-3-4-11-23(2)12-10-19(25)24-13-9-18-17(14-24)20(26-22-18)15-5-7-16(21)8-6-15/h5-8H,3-4,9-14H2,1-2H3. The van der Waals surface area contributed by atoms with Gasteiger partial charge in [0.2, 0.25) is 5.91 Å². The lowest BCUT2D eigenvalue weighted by Crippen LogP contribution is -2.37. The van der Waals surface area contributed by atoms with Crippen LogP contribution in [0, 0.1) is 0 Å². The molecule has 0 saturated carbocycles. The van der Waals surface area contributed by atoms with Gasteiger partial charge in [0.25, 0.3) is 0 Å². The molecule has 0 spiro atoms. The number of carbonyl (C=O) groups excluding carboxylic acids is 1. The van der Waals surface area contributed by atoms with Crippen molar-refractivity contribution in [1.82, 2.24) is 15.0 Å². The van der Waals surface area contributed by atoms with Crippen LogP contribution in [-0.2, 0) is 17.8 Å². The van der Waals surface area contributed by atoms with Crippen LogP contribution in [-0.4, -0.2) is 47.5 Å². The SMILES string of the molecule is CCCCN(C)CCC(=O)N1CCc2noc(-c3ccc(Cl)cc3)c2C1. The summed E-state index contributed by atoms with van der Waals surface area (Å²) in [6.07, 6.45) is 3.64. The number of halogens is 1. The summed E-state index contributed by atoms with van der Waals surface area (Å²) in [4.78, 5) is 16.8. The third kappa shape index (κ3) is 4.46. The Labute approximate surface area is 159 Å². The molecular formula is C20H26ClN3O2. The first-order chi connectivity index (χ1) is 12.6. The fourth-order valence-electron chi connectivity index (χ4n) is 3.24. The smallest absolute Gasteiger partial charge is 0.224 e. The van der Waals surface area contributed by atoms with Crippen LogP contribution in [0.15, 0.2) is 28.8 Å². The maximum atomic E-state index is 12.6. The number of hydrogen-bond acceptors (Lipinski definition) is 4. The van der Waals surface area contributed by atoms with E-state index in [4.69, 9.17) is 16.1 Å². The van der Waals surface area contributed by atoms with Crippen molar-refractivity contribution in [3.63, 3.8) is 0 Å². The van der Waals surface area contributed by atoms with Crippen LogP contribution in [0.25, 0.3) is 11.3 Å². The predicted molar refractivity (Wildman–Crippen MR) is 103 cm³/mol. The summed E-state index contributed by atoms with van der Waals surface area (Å²) in [6, 6.07) is 7.52. The zero-order valence-electron chi connectivity index (χ0n) is 15.5. The molecule has 0 unspecified atom stereocenters. The van der Waals surface area contributed by atoms with Gasteiger partial charge in [-0.25, -0.2) is 0 Å². The third-order valence-electron chi connectivity index (χ3n) is 4.90. The van der Waals surface area contributed by atoms with E-state index in [9.17, 15) is 4.79 Å². The molecule has 26 heavy (non-hydrogen) atoms. The molecule has 0 atom stereocenters. The lowest BCUT2D eigenvalue weighted by molar-refractivity contribution is -0.132. The maximum Gasteiger partial charge on any atom is 0.224 e. The third-order valence-corrected chi connectivity index (χ3v) is 5.15. The van der Waals surface area contributed by atoms with Gasteiger partial charge in [0.1, 0.15) is 0 Å². The number of rotatable bonds is 7. The first-order valence-electron chi connectivity index (χ1n) is 9.28. The summed E-state index contributed by atoms with van der Waals surface area (Å²) in [5, 5.41) is 4.89. The van der Waals surface area contributed by atoms with Gasteiger partial charge in [-0.3, -0.25) is 4.79 Å². The van der Waals surface area contributed by atoms with Crippen molar-refractivity contribution >= 4 is 17.5 Å². The monoisotopic (exact) mass is 375 g/mol. The van der Waals surface area contributed by atoms with E-state index in [0.717, 1.165) is 42.1 Å². The fraction of sp³-hybridized carbons (Fsp3) is 0.500. The van der Waals surface area contributed by atoms with Crippen LogP contribution in [0.3, 0.4) is 0 Å². The Morgan fingerprint density at radius 1 is 1.31 bits per heavy atom. The van der Waals surface area contributed by atoms with Crippen LogP contribution in [0.2, 0.25) is 5.02 Å². The number of nitrogens with zero attached hydrogens (tertiary/aromatic N) is 3. The first kappa shape index (κ1) is 18.9. The molecule has 2 heterocycles. The molecule has 0 aliphatic carbocycles. The van der Waals surface area contributed by atoms with Gasteiger partial charge in [0.15, 0.2) is 5.76 Å². The minimum Gasteiger partial charge on any atom is -0.356 e. The number of hydrogen-bond donors (Lipinski definition) is 0. The Bertz CT molecular complexity index is 742. The van der Waals surface area contributed by atoms with Crippen LogP contribution >= 0.6 is 11.6 Å². The number of benzene rings is 1. The van der Waals surface area contributed by atoms with Gasteiger partial charge in [0.05, 0.1) is 12.2 Å². The largest absolute Gasteiger partial charge is 0.356 e. The summed E-state index contributed by atoms with van der Waals surface area (Å²) >= 11 is 5.97. The van der Waals surface area contributed by atoms with Crippen LogP contribution < -0.4 is 0 Å². The molecule has 0 bridgehead atoms. The normalized spacial score (nSPS) is 13.9. The van der Waals surface area contributed by atoms with Gasteiger partial charge in [-0.1, -0.05) is 30.1 Å². The molecule has 140 valence electrons. The van der Waals surface area contributed by atoms with E-state index < -0.39 is 0 Å². The summed E-state index contributed by atoms with van der Waals surface area (Å²) in [7, 11) is 2.08. The molecule has 2 aromatic rings. The molecule has 5 nitrogen and oxygen atoms in total. The Kier molecular flexibility index (Phi) is 6.33. The van der Waals surface area contributed by atoms with Crippen molar-refractivity contribution in [3.05, 3.63) is 40.5 Å². The highest BCUT2D eigenvalue weighted by Crippen LogP contribution is 2.31. The van der Waals surface area contributed by atoms with E-state index in [-0.39, 0.29) is 5.91 Å². The van der Waals surface area contributed by atoms with Crippen LogP contribution in [0.4, 0.5) is 0 Å². The molecule has 6 heteroatoms. The quantitative estimate of drug-likeness (QED) is 0.733. The Hall–Kier alpha value is -1.85. The molecule has 0 N–H and O–H groups in total. The lowest BCUT2D eigenvalue weighted by Gasteiger charge is -2.27. The highest BCUT2D eigenvalue weighted by molar-refractivity contribution is 6.30.